The molecule has 21 heavy (non-hydrogen) atoms. The van der Waals surface area contributed by atoms with Gasteiger partial charge in [-0.3, -0.25) is 14.7 Å². The molecule has 1 aromatic rings. The molecule has 0 aromatic carbocycles. The van der Waals surface area contributed by atoms with E-state index in [2.05, 4.69) is 4.98 Å². The van der Waals surface area contributed by atoms with Crippen molar-refractivity contribution in [3.8, 4) is 0 Å². The number of rotatable bonds is 3. The van der Waals surface area contributed by atoms with E-state index >= 15 is 0 Å². The number of likely N-dealkylation sites (tertiary alicyclic amines) is 1. The van der Waals surface area contributed by atoms with Crippen molar-refractivity contribution < 1.29 is 14.7 Å². The lowest BCUT2D eigenvalue weighted by molar-refractivity contribution is -0.150. The molecule has 1 saturated heterocycles. The number of hydrogen-bond donors (Lipinski definition) is 1. The van der Waals surface area contributed by atoms with E-state index in [9.17, 15) is 14.7 Å². The number of hydrogen-bond acceptors (Lipinski definition) is 3. The van der Waals surface area contributed by atoms with Gasteiger partial charge in [0.2, 0.25) is 0 Å². The minimum Gasteiger partial charge on any atom is -0.481 e. The first kappa shape index (κ1) is 15.3. The lowest BCUT2D eigenvalue weighted by Gasteiger charge is -2.30. The van der Waals surface area contributed by atoms with E-state index in [0.29, 0.717) is 18.7 Å². The molecule has 0 spiro atoms. The number of nitrogens with zero attached hydrogens (tertiary/aromatic N) is 3. The Morgan fingerprint density at radius 3 is 2.67 bits per heavy atom. The highest BCUT2D eigenvalue weighted by Gasteiger charge is 2.48. The number of urea groups is 1. The minimum absolute atomic E-state index is 0.0171. The third-order valence-corrected chi connectivity index (χ3v) is 4.42. The van der Waals surface area contributed by atoms with E-state index in [-0.39, 0.29) is 18.5 Å². The lowest BCUT2D eigenvalue weighted by Crippen LogP contribution is -2.44. The van der Waals surface area contributed by atoms with Crippen molar-refractivity contribution in [2.24, 2.45) is 11.3 Å². The number of pyridine rings is 1. The molecule has 1 atom stereocenters. The summed E-state index contributed by atoms with van der Waals surface area (Å²) in [5, 5.41) is 9.53. The molecule has 1 fully saturated rings. The molecule has 1 aliphatic heterocycles. The lowest BCUT2D eigenvalue weighted by atomic mass is 9.76. The number of anilines is 1. The Kier molecular flexibility index (Phi) is 4.16. The molecule has 6 nitrogen and oxygen atoms in total. The highest BCUT2D eigenvalue weighted by molar-refractivity contribution is 5.92. The van der Waals surface area contributed by atoms with Gasteiger partial charge in [0.25, 0.3) is 0 Å². The van der Waals surface area contributed by atoms with Gasteiger partial charge in [0.15, 0.2) is 0 Å². The third kappa shape index (κ3) is 2.70. The van der Waals surface area contributed by atoms with Crippen LogP contribution in [0.5, 0.6) is 0 Å². The molecule has 6 heteroatoms. The zero-order valence-corrected chi connectivity index (χ0v) is 12.6. The zero-order chi connectivity index (χ0) is 15.6. The summed E-state index contributed by atoms with van der Waals surface area (Å²) in [4.78, 5) is 31.2. The summed E-state index contributed by atoms with van der Waals surface area (Å²) < 4.78 is 0. The molecule has 114 valence electrons. The molecular weight excluding hydrogens is 270 g/mol. The van der Waals surface area contributed by atoms with Crippen LogP contribution in [-0.4, -0.2) is 47.1 Å². The summed E-state index contributed by atoms with van der Waals surface area (Å²) in [6.45, 7) is 4.51. The normalized spacial score (nSPS) is 21.6. The van der Waals surface area contributed by atoms with Gasteiger partial charge in [-0.2, -0.15) is 0 Å². The topological polar surface area (TPSA) is 73.7 Å². The maximum Gasteiger partial charge on any atom is 0.324 e. The molecule has 2 rings (SSSR count). The summed E-state index contributed by atoms with van der Waals surface area (Å²) in [7, 11) is 1.68. The van der Waals surface area contributed by atoms with Gasteiger partial charge in [-0.25, -0.2) is 4.79 Å². The average Bonchev–Trinajstić information content (AvgIpc) is 2.93. The Hall–Kier alpha value is -2.11. The molecule has 1 unspecified atom stereocenters. The SMILES string of the molecule is CC(C)C1(C(=O)O)CCN(C(=O)N(C)c2cccnc2)C1. The molecule has 1 N–H and O–H groups in total. The van der Waals surface area contributed by atoms with Crippen LogP contribution in [0.1, 0.15) is 20.3 Å². The summed E-state index contributed by atoms with van der Waals surface area (Å²) >= 11 is 0. The monoisotopic (exact) mass is 291 g/mol. The number of amides is 2. The van der Waals surface area contributed by atoms with Crippen LogP contribution in [0.25, 0.3) is 0 Å². The number of carboxylic acids is 1. The van der Waals surface area contributed by atoms with Crippen LogP contribution in [0.2, 0.25) is 0 Å². The van der Waals surface area contributed by atoms with Crippen molar-refractivity contribution in [1.82, 2.24) is 9.88 Å². The number of carbonyl (C=O) groups is 2. The summed E-state index contributed by atoms with van der Waals surface area (Å²) in [5.41, 5.74) is -0.148. The highest BCUT2D eigenvalue weighted by atomic mass is 16.4. The van der Waals surface area contributed by atoms with E-state index in [0.717, 1.165) is 0 Å². The zero-order valence-electron chi connectivity index (χ0n) is 12.6. The maximum atomic E-state index is 12.5. The van der Waals surface area contributed by atoms with Crippen molar-refractivity contribution in [2.45, 2.75) is 20.3 Å². The van der Waals surface area contributed by atoms with Crippen molar-refractivity contribution in [3.05, 3.63) is 24.5 Å². The fraction of sp³-hybridized carbons (Fsp3) is 0.533. The van der Waals surface area contributed by atoms with Crippen LogP contribution in [0.4, 0.5) is 10.5 Å². The first-order valence-electron chi connectivity index (χ1n) is 7.04. The van der Waals surface area contributed by atoms with E-state index in [1.807, 2.05) is 13.8 Å². The number of aliphatic carboxylic acids is 1. The van der Waals surface area contributed by atoms with Gasteiger partial charge in [-0.1, -0.05) is 13.8 Å². The van der Waals surface area contributed by atoms with Gasteiger partial charge < -0.3 is 10.0 Å². The molecule has 1 aromatic heterocycles. The van der Waals surface area contributed by atoms with Crippen molar-refractivity contribution in [3.63, 3.8) is 0 Å². The fourth-order valence-corrected chi connectivity index (χ4v) is 2.76. The second kappa shape index (κ2) is 5.71. The Balaban J connectivity index is 2.14. The molecule has 0 saturated carbocycles. The summed E-state index contributed by atoms with van der Waals surface area (Å²) in [6.07, 6.45) is 3.75. The highest BCUT2D eigenvalue weighted by Crippen LogP contribution is 2.38. The van der Waals surface area contributed by atoms with E-state index in [1.165, 1.54) is 4.90 Å². The first-order chi connectivity index (χ1) is 9.88. The number of carboxylic acid groups (broad SMARTS) is 1. The van der Waals surface area contributed by atoms with E-state index in [1.54, 1.807) is 36.5 Å². The van der Waals surface area contributed by atoms with E-state index < -0.39 is 11.4 Å². The largest absolute Gasteiger partial charge is 0.481 e. The fourth-order valence-electron chi connectivity index (χ4n) is 2.76. The maximum absolute atomic E-state index is 12.5. The molecule has 1 aliphatic rings. The molecule has 0 bridgehead atoms. The Morgan fingerprint density at radius 1 is 1.48 bits per heavy atom. The second-order valence-electron chi connectivity index (χ2n) is 5.84. The van der Waals surface area contributed by atoms with Crippen LogP contribution >= 0.6 is 0 Å². The third-order valence-electron chi connectivity index (χ3n) is 4.42. The van der Waals surface area contributed by atoms with Crippen LogP contribution < -0.4 is 4.90 Å². The minimum atomic E-state index is -0.842. The molecule has 0 aliphatic carbocycles. The summed E-state index contributed by atoms with van der Waals surface area (Å²) in [6, 6.07) is 3.37. The van der Waals surface area contributed by atoms with Gasteiger partial charge in [0.1, 0.15) is 0 Å². The van der Waals surface area contributed by atoms with Gasteiger partial charge in [0, 0.05) is 26.3 Å². The number of carbonyl (C=O) groups excluding carboxylic acids is 1. The van der Waals surface area contributed by atoms with Crippen LogP contribution in [-0.2, 0) is 4.79 Å². The molecular formula is C15H21N3O3. The van der Waals surface area contributed by atoms with Crippen molar-refractivity contribution >= 4 is 17.7 Å². The molecule has 2 amide bonds. The summed E-state index contributed by atoms with van der Waals surface area (Å²) in [5.74, 6) is -0.840. The Bertz CT molecular complexity index is 532. The number of aromatic nitrogens is 1. The van der Waals surface area contributed by atoms with Crippen LogP contribution in [0, 0.1) is 11.3 Å². The van der Waals surface area contributed by atoms with Gasteiger partial charge in [0.05, 0.1) is 17.3 Å². The molecule has 2 heterocycles. The Labute approximate surface area is 124 Å². The predicted molar refractivity (Wildman–Crippen MR) is 79.1 cm³/mol. The standard InChI is InChI=1S/C15H21N3O3/c1-11(2)15(13(19)20)6-8-18(10-15)14(21)17(3)12-5-4-7-16-9-12/h4-5,7,9,11H,6,8,10H2,1-3H3,(H,19,20). The quantitative estimate of drug-likeness (QED) is 0.925. The smallest absolute Gasteiger partial charge is 0.324 e. The average molecular weight is 291 g/mol. The van der Waals surface area contributed by atoms with Crippen molar-refractivity contribution in [1.29, 1.82) is 0 Å². The molecule has 0 radical (unpaired) electrons. The predicted octanol–water partition coefficient (Wildman–Crippen LogP) is 2.07. The van der Waals surface area contributed by atoms with Gasteiger partial charge in [-0.05, 0) is 24.5 Å². The first-order valence-corrected chi connectivity index (χ1v) is 7.04. The van der Waals surface area contributed by atoms with Gasteiger partial charge in [-0.15, -0.1) is 0 Å². The second-order valence-corrected chi connectivity index (χ2v) is 5.84. The van der Waals surface area contributed by atoms with Crippen LogP contribution in [0.15, 0.2) is 24.5 Å². The van der Waals surface area contributed by atoms with Gasteiger partial charge >= 0.3 is 12.0 Å². The van der Waals surface area contributed by atoms with Crippen molar-refractivity contribution in [2.75, 3.05) is 25.0 Å². The van der Waals surface area contributed by atoms with Crippen LogP contribution in [0.3, 0.4) is 0 Å². The Morgan fingerprint density at radius 2 is 2.19 bits per heavy atom. The van der Waals surface area contributed by atoms with E-state index in [4.69, 9.17) is 0 Å².